The van der Waals surface area contributed by atoms with Crippen molar-refractivity contribution in [3.05, 3.63) is 42.3 Å². The average Bonchev–Trinajstić information content (AvgIpc) is 2.52. The largest absolute Gasteiger partial charge is 0.0857 e. The molecule has 1 aliphatic rings. The third-order valence-corrected chi connectivity index (χ3v) is 9.10. The fourth-order valence-corrected chi connectivity index (χ4v) is 6.56. The van der Waals surface area contributed by atoms with Crippen LogP contribution < -0.4 is 0 Å². The maximum Gasteiger partial charge on any atom is 0.0806 e. The van der Waals surface area contributed by atoms with Crippen LogP contribution in [0.2, 0.25) is 20.1 Å². The molecule has 3 rings (SSSR count). The lowest BCUT2D eigenvalue weighted by Gasteiger charge is -2.27. The number of benzene rings is 2. The van der Waals surface area contributed by atoms with E-state index in [0.29, 0.717) is 20.1 Å². The molecule has 0 unspecified atom stereocenters. The van der Waals surface area contributed by atoms with Gasteiger partial charge < -0.3 is 0 Å². The van der Waals surface area contributed by atoms with Gasteiger partial charge in [-0.2, -0.15) is 0 Å². The van der Waals surface area contributed by atoms with Crippen molar-refractivity contribution in [1.82, 2.24) is 0 Å². The van der Waals surface area contributed by atoms with Crippen molar-refractivity contribution < 1.29 is 0 Å². The summed E-state index contributed by atoms with van der Waals surface area (Å²) in [5, 5.41) is 1.60. The molecule has 1 aliphatic heterocycles. The summed E-state index contributed by atoms with van der Waals surface area (Å²) in [5.74, 6) is 0. The Labute approximate surface area is 158 Å². The average molecular weight is 410 g/mol. The Balaban J connectivity index is 2.32. The molecule has 0 radical (unpaired) electrons. The van der Waals surface area contributed by atoms with E-state index in [0.717, 1.165) is 9.79 Å². The highest BCUT2D eigenvalue weighted by Gasteiger charge is 2.29. The number of hydrogen-bond acceptors (Lipinski definition) is 2. The smallest absolute Gasteiger partial charge is 0.0806 e. The van der Waals surface area contributed by atoms with Gasteiger partial charge in [0.2, 0.25) is 0 Å². The van der Waals surface area contributed by atoms with Gasteiger partial charge in [-0.1, -0.05) is 69.9 Å². The van der Waals surface area contributed by atoms with Gasteiger partial charge in [-0.25, -0.2) is 0 Å². The highest BCUT2D eigenvalue weighted by atomic mass is 35.5. The summed E-state index contributed by atoms with van der Waals surface area (Å²) in [6.45, 7) is 8.60. The van der Waals surface area contributed by atoms with Crippen molar-refractivity contribution in [2.24, 2.45) is 0 Å². The first kappa shape index (κ1) is 17.1. The van der Waals surface area contributed by atoms with Crippen molar-refractivity contribution in [3.8, 4) is 0 Å². The van der Waals surface area contributed by atoms with Gasteiger partial charge in [-0.3, -0.25) is 0 Å². The number of halogens is 4. The number of rotatable bonds is 0. The van der Waals surface area contributed by atoms with Crippen LogP contribution in [0, 0.1) is 27.7 Å². The first-order valence-electron chi connectivity index (χ1n) is 6.57. The zero-order valence-corrected chi connectivity index (χ0v) is 17.0. The Morgan fingerprint density at radius 1 is 0.455 bits per heavy atom. The van der Waals surface area contributed by atoms with Crippen LogP contribution in [0.25, 0.3) is 0 Å². The maximum atomic E-state index is 6.41. The van der Waals surface area contributed by atoms with E-state index in [2.05, 4.69) is 27.7 Å². The minimum absolute atomic E-state index is 0.321. The highest BCUT2D eigenvalue weighted by Crippen LogP contribution is 2.59. The standard InChI is InChI=1S/C16H12Cl4S2/c1-5-6(2)8(4)14-13(7(5)3)21-15-11(19)9(17)10(18)12(20)16(15)22-14/h1-4H3. The van der Waals surface area contributed by atoms with Gasteiger partial charge in [-0.05, 0) is 49.9 Å². The molecule has 0 saturated carbocycles. The van der Waals surface area contributed by atoms with Crippen molar-refractivity contribution in [2.45, 2.75) is 47.3 Å². The highest BCUT2D eigenvalue weighted by molar-refractivity contribution is 8.05. The van der Waals surface area contributed by atoms with Gasteiger partial charge in [0.25, 0.3) is 0 Å². The Bertz CT molecular complexity index is 693. The Kier molecular flexibility index (Phi) is 4.66. The van der Waals surface area contributed by atoms with Gasteiger partial charge in [-0.15, -0.1) is 0 Å². The molecule has 0 N–H and O–H groups in total. The molecule has 0 fully saturated rings. The van der Waals surface area contributed by atoms with Crippen molar-refractivity contribution in [2.75, 3.05) is 0 Å². The van der Waals surface area contributed by atoms with Crippen LogP contribution in [0.4, 0.5) is 0 Å². The van der Waals surface area contributed by atoms with Crippen LogP contribution in [0.3, 0.4) is 0 Å². The Morgan fingerprint density at radius 2 is 0.773 bits per heavy atom. The van der Waals surface area contributed by atoms with Gasteiger partial charge in [0.1, 0.15) is 0 Å². The molecule has 0 spiro atoms. The minimum atomic E-state index is 0.321. The molecule has 0 aliphatic carbocycles. The van der Waals surface area contributed by atoms with E-state index >= 15 is 0 Å². The van der Waals surface area contributed by atoms with Gasteiger partial charge in [0.05, 0.1) is 20.1 Å². The lowest BCUT2D eigenvalue weighted by molar-refractivity contribution is 1.03. The predicted molar refractivity (Wildman–Crippen MR) is 100 cm³/mol. The summed E-state index contributed by atoms with van der Waals surface area (Å²) >= 11 is 28.5. The third kappa shape index (κ3) is 2.39. The zero-order valence-electron chi connectivity index (χ0n) is 12.3. The van der Waals surface area contributed by atoms with Crippen molar-refractivity contribution in [1.29, 1.82) is 0 Å². The van der Waals surface area contributed by atoms with Crippen LogP contribution >= 0.6 is 69.9 Å². The second-order valence-corrected chi connectivity index (χ2v) is 8.83. The van der Waals surface area contributed by atoms with Crippen molar-refractivity contribution >= 4 is 69.9 Å². The van der Waals surface area contributed by atoms with E-state index in [1.165, 1.54) is 32.0 Å². The molecule has 2 aromatic rings. The second kappa shape index (κ2) is 5.98. The topological polar surface area (TPSA) is 0 Å². The van der Waals surface area contributed by atoms with Crippen LogP contribution in [0.5, 0.6) is 0 Å². The fourth-order valence-electron chi connectivity index (χ4n) is 2.47. The molecule has 1 heterocycles. The molecular weight excluding hydrogens is 398 g/mol. The quantitative estimate of drug-likeness (QED) is 0.271. The molecule has 0 bridgehead atoms. The molecule has 0 saturated heterocycles. The first-order chi connectivity index (χ1) is 10.3. The summed E-state index contributed by atoms with van der Waals surface area (Å²) in [5.41, 5.74) is 5.18. The molecule has 2 aromatic carbocycles. The summed E-state index contributed by atoms with van der Waals surface area (Å²) in [6.07, 6.45) is 0. The van der Waals surface area contributed by atoms with Gasteiger partial charge in [0.15, 0.2) is 0 Å². The van der Waals surface area contributed by atoms with Crippen LogP contribution in [0.15, 0.2) is 19.6 Å². The van der Waals surface area contributed by atoms with E-state index < -0.39 is 0 Å². The molecule has 0 aromatic heterocycles. The summed E-state index contributed by atoms with van der Waals surface area (Å²) in [6, 6.07) is 0. The first-order valence-corrected chi connectivity index (χ1v) is 9.72. The van der Waals surface area contributed by atoms with Crippen LogP contribution in [0.1, 0.15) is 22.3 Å². The monoisotopic (exact) mass is 408 g/mol. The van der Waals surface area contributed by atoms with E-state index in [9.17, 15) is 0 Å². The number of hydrogen-bond donors (Lipinski definition) is 0. The summed E-state index contributed by atoms with van der Waals surface area (Å²) in [4.78, 5) is 4.25. The summed E-state index contributed by atoms with van der Waals surface area (Å²) in [7, 11) is 0. The SMILES string of the molecule is Cc1c(C)c(C)c2c(c1C)Sc1c(Cl)c(Cl)c(Cl)c(Cl)c1S2. The normalized spacial score (nSPS) is 13.1. The second-order valence-electron chi connectivity index (χ2n) is 5.28. The molecule has 0 nitrogen and oxygen atoms in total. The lowest BCUT2D eigenvalue weighted by Crippen LogP contribution is -2.02. The van der Waals surface area contributed by atoms with E-state index in [4.69, 9.17) is 46.4 Å². The molecule has 116 valence electrons. The van der Waals surface area contributed by atoms with Crippen LogP contribution in [-0.4, -0.2) is 0 Å². The van der Waals surface area contributed by atoms with Crippen LogP contribution in [-0.2, 0) is 0 Å². The summed E-state index contributed by atoms with van der Waals surface area (Å²) < 4.78 is 0. The van der Waals surface area contributed by atoms with Gasteiger partial charge in [0, 0.05) is 19.6 Å². The number of fused-ring (bicyclic) bond motifs is 2. The van der Waals surface area contributed by atoms with Crippen molar-refractivity contribution in [3.63, 3.8) is 0 Å². The lowest BCUT2D eigenvalue weighted by atomic mass is 9.99. The molecule has 22 heavy (non-hydrogen) atoms. The third-order valence-electron chi connectivity index (χ3n) is 4.17. The van der Waals surface area contributed by atoms with E-state index in [1.54, 1.807) is 23.5 Å². The zero-order chi connectivity index (χ0) is 16.3. The maximum absolute atomic E-state index is 6.41. The Morgan fingerprint density at radius 3 is 1.09 bits per heavy atom. The Hall–Kier alpha value is 0.300. The molecule has 0 amide bonds. The fraction of sp³-hybridized carbons (Fsp3) is 0.250. The van der Waals surface area contributed by atoms with Gasteiger partial charge >= 0.3 is 0 Å². The van der Waals surface area contributed by atoms with E-state index in [1.807, 2.05) is 0 Å². The molecule has 6 heteroatoms. The molecule has 0 atom stereocenters. The predicted octanol–water partition coefficient (Wildman–Crippen LogP) is 8.15. The minimum Gasteiger partial charge on any atom is -0.0857 e. The van der Waals surface area contributed by atoms with E-state index in [-0.39, 0.29) is 0 Å². The molecular formula is C16H12Cl4S2.